The Bertz CT molecular complexity index is 471. The normalized spacial score (nSPS) is 14.3. The molecule has 2 nitrogen and oxygen atoms in total. The summed E-state index contributed by atoms with van der Waals surface area (Å²) in [6, 6.07) is 5.45. The highest BCUT2D eigenvalue weighted by Crippen LogP contribution is 2.28. The van der Waals surface area contributed by atoms with Crippen LogP contribution in [0, 0.1) is 12.3 Å². The van der Waals surface area contributed by atoms with E-state index in [0.29, 0.717) is 22.2 Å². The van der Waals surface area contributed by atoms with Crippen LogP contribution in [0.15, 0.2) is 18.2 Å². The summed E-state index contributed by atoms with van der Waals surface area (Å²) in [7, 11) is 1.80. The Balaban J connectivity index is 2.31. The molecule has 1 saturated carbocycles. The first kappa shape index (κ1) is 11.0. The van der Waals surface area contributed by atoms with Crippen LogP contribution in [0.4, 0.5) is 0 Å². The van der Waals surface area contributed by atoms with Gasteiger partial charge in [0, 0.05) is 18.7 Å². The van der Waals surface area contributed by atoms with Crippen molar-refractivity contribution in [3.63, 3.8) is 0 Å². The van der Waals surface area contributed by atoms with Gasteiger partial charge in [0.2, 0.25) is 0 Å². The lowest BCUT2D eigenvalue weighted by Crippen LogP contribution is -2.29. The van der Waals surface area contributed by atoms with E-state index in [1.54, 1.807) is 30.1 Å². The summed E-state index contributed by atoms with van der Waals surface area (Å²) in [4.78, 5) is 13.8. The second kappa shape index (κ2) is 4.19. The molecule has 0 saturated heterocycles. The number of terminal acetylenes is 1. The number of hydrogen-bond acceptors (Lipinski definition) is 1. The minimum absolute atomic E-state index is 0.0513. The molecule has 1 aromatic carbocycles. The molecule has 0 bridgehead atoms. The van der Waals surface area contributed by atoms with Gasteiger partial charge in [0.15, 0.2) is 0 Å². The monoisotopic (exact) mass is 233 g/mol. The minimum Gasteiger partial charge on any atom is -0.339 e. The number of carbonyl (C=O) groups excluding carboxylic acids is 1. The molecule has 1 aliphatic carbocycles. The molecule has 3 heteroatoms. The number of nitrogens with zero attached hydrogens (tertiary/aromatic N) is 1. The third kappa shape index (κ3) is 2.05. The highest BCUT2D eigenvalue weighted by molar-refractivity contribution is 6.33. The predicted molar refractivity (Wildman–Crippen MR) is 64.5 cm³/mol. The third-order valence-electron chi connectivity index (χ3n) is 2.78. The van der Waals surface area contributed by atoms with E-state index in [-0.39, 0.29) is 5.91 Å². The Labute approximate surface area is 100 Å². The number of halogens is 1. The SMILES string of the molecule is C#Cc1ccc(Cl)c(C(=O)N(C)C2CC2)c1. The predicted octanol–water partition coefficient (Wildman–Crippen LogP) is 2.56. The number of rotatable bonds is 2. The van der Waals surface area contributed by atoms with E-state index in [9.17, 15) is 4.79 Å². The van der Waals surface area contributed by atoms with Crippen LogP contribution in [-0.4, -0.2) is 23.9 Å². The van der Waals surface area contributed by atoms with E-state index < -0.39 is 0 Å². The van der Waals surface area contributed by atoms with E-state index in [4.69, 9.17) is 18.0 Å². The molecule has 0 unspecified atom stereocenters. The minimum atomic E-state index is -0.0513. The molecule has 0 aromatic heterocycles. The molecule has 0 aliphatic heterocycles. The van der Waals surface area contributed by atoms with Crippen LogP contribution < -0.4 is 0 Å². The standard InChI is InChI=1S/C13H12ClNO/c1-3-9-4-7-12(14)11(8-9)13(16)15(2)10-5-6-10/h1,4,7-8,10H,5-6H2,2H3. The lowest BCUT2D eigenvalue weighted by molar-refractivity contribution is 0.0785. The summed E-state index contributed by atoms with van der Waals surface area (Å²) in [6.07, 6.45) is 7.46. The molecule has 2 rings (SSSR count). The Hall–Kier alpha value is -1.46. The molecule has 0 atom stereocenters. The maximum atomic E-state index is 12.1. The van der Waals surface area contributed by atoms with Gasteiger partial charge in [-0.25, -0.2) is 0 Å². The summed E-state index contributed by atoms with van der Waals surface area (Å²) in [5.41, 5.74) is 1.17. The summed E-state index contributed by atoms with van der Waals surface area (Å²) >= 11 is 6.00. The Kier molecular flexibility index (Phi) is 2.89. The van der Waals surface area contributed by atoms with Gasteiger partial charge >= 0.3 is 0 Å². The van der Waals surface area contributed by atoms with Gasteiger partial charge in [-0.3, -0.25) is 4.79 Å². The van der Waals surface area contributed by atoms with Crippen molar-refractivity contribution in [3.8, 4) is 12.3 Å². The van der Waals surface area contributed by atoms with Crippen molar-refractivity contribution in [1.82, 2.24) is 4.90 Å². The maximum Gasteiger partial charge on any atom is 0.255 e. The van der Waals surface area contributed by atoms with E-state index in [0.717, 1.165) is 12.8 Å². The van der Waals surface area contributed by atoms with Gasteiger partial charge in [0.05, 0.1) is 10.6 Å². The number of amides is 1. The second-order valence-corrected chi connectivity index (χ2v) is 4.39. The summed E-state index contributed by atoms with van der Waals surface area (Å²) in [5.74, 6) is 2.45. The van der Waals surface area contributed by atoms with Crippen molar-refractivity contribution >= 4 is 17.5 Å². The van der Waals surface area contributed by atoms with Gasteiger partial charge in [-0.1, -0.05) is 17.5 Å². The quantitative estimate of drug-likeness (QED) is 0.719. The smallest absolute Gasteiger partial charge is 0.255 e. The molecule has 1 aromatic rings. The molecule has 0 heterocycles. The fourth-order valence-electron chi connectivity index (χ4n) is 1.60. The third-order valence-corrected chi connectivity index (χ3v) is 3.11. The summed E-state index contributed by atoms with van der Waals surface area (Å²) in [5, 5.41) is 0.455. The van der Waals surface area contributed by atoms with Crippen LogP contribution in [0.2, 0.25) is 5.02 Å². The first-order valence-electron chi connectivity index (χ1n) is 5.17. The molecular formula is C13H12ClNO. The zero-order chi connectivity index (χ0) is 11.7. The lowest BCUT2D eigenvalue weighted by Gasteiger charge is -2.17. The Morgan fingerprint density at radius 3 is 2.81 bits per heavy atom. The summed E-state index contributed by atoms with van der Waals surface area (Å²) < 4.78 is 0. The van der Waals surface area contributed by atoms with Gasteiger partial charge in [-0.05, 0) is 31.0 Å². The lowest BCUT2D eigenvalue weighted by atomic mass is 10.1. The van der Waals surface area contributed by atoms with Crippen molar-refractivity contribution in [1.29, 1.82) is 0 Å². The van der Waals surface area contributed by atoms with Gasteiger partial charge in [0.1, 0.15) is 0 Å². The summed E-state index contributed by atoms with van der Waals surface area (Å²) in [6.45, 7) is 0. The van der Waals surface area contributed by atoms with Crippen molar-refractivity contribution in [2.75, 3.05) is 7.05 Å². The van der Waals surface area contributed by atoms with Crippen molar-refractivity contribution in [3.05, 3.63) is 34.3 Å². The van der Waals surface area contributed by atoms with Crippen LogP contribution >= 0.6 is 11.6 Å². The highest BCUT2D eigenvalue weighted by Gasteiger charge is 2.30. The molecule has 0 N–H and O–H groups in total. The fourth-order valence-corrected chi connectivity index (χ4v) is 1.79. The van der Waals surface area contributed by atoms with E-state index in [1.807, 2.05) is 0 Å². The molecule has 0 radical (unpaired) electrons. The first-order valence-corrected chi connectivity index (χ1v) is 5.54. The molecule has 1 amide bonds. The van der Waals surface area contributed by atoms with Crippen LogP contribution in [0.3, 0.4) is 0 Å². The number of carbonyl (C=O) groups is 1. The average Bonchev–Trinajstić information content (AvgIpc) is 3.12. The van der Waals surface area contributed by atoms with Crippen molar-refractivity contribution in [2.24, 2.45) is 0 Å². The molecule has 1 aliphatic rings. The van der Waals surface area contributed by atoms with Crippen molar-refractivity contribution in [2.45, 2.75) is 18.9 Å². The van der Waals surface area contributed by atoms with Crippen LogP contribution in [0.5, 0.6) is 0 Å². The average molecular weight is 234 g/mol. The Morgan fingerprint density at radius 2 is 2.25 bits per heavy atom. The van der Waals surface area contributed by atoms with Crippen LogP contribution in [0.25, 0.3) is 0 Å². The molecule has 16 heavy (non-hydrogen) atoms. The molecule has 1 fully saturated rings. The number of hydrogen-bond donors (Lipinski definition) is 0. The van der Waals surface area contributed by atoms with E-state index in [2.05, 4.69) is 5.92 Å². The fraction of sp³-hybridized carbons (Fsp3) is 0.308. The van der Waals surface area contributed by atoms with Gasteiger partial charge in [-0.15, -0.1) is 6.42 Å². The molecule has 0 spiro atoms. The topological polar surface area (TPSA) is 20.3 Å². The van der Waals surface area contributed by atoms with Gasteiger partial charge in [0.25, 0.3) is 5.91 Å². The first-order chi connectivity index (χ1) is 7.63. The van der Waals surface area contributed by atoms with E-state index in [1.165, 1.54) is 0 Å². The highest BCUT2D eigenvalue weighted by atomic mass is 35.5. The van der Waals surface area contributed by atoms with Crippen LogP contribution in [0.1, 0.15) is 28.8 Å². The van der Waals surface area contributed by atoms with Gasteiger partial charge < -0.3 is 4.90 Å². The number of benzene rings is 1. The zero-order valence-electron chi connectivity index (χ0n) is 9.03. The van der Waals surface area contributed by atoms with Crippen molar-refractivity contribution < 1.29 is 4.79 Å². The largest absolute Gasteiger partial charge is 0.339 e. The zero-order valence-corrected chi connectivity index (χ0v) is 9.79. The molecular weight excluding hydrogens is 222 g/mol. The second-order valence-electron chi connectivity index (χ2n) is 3.99. The van der Waals surface area contributed by atoms with Gasteiger partial charge in [-0.2, -0.15) is 0 Å². The Morgan fingerprint density at radius 1 is 1.56 bits per heavy atom. The van der Waals surface area contributed by atoms with Crippen LogP contribution in [-0.2, 0) is 0 Å². The van der Waals surface area contributed by atoms with E-state index >= 15 is 0 Å². The molecule has 82 valence electrons. The maximum absolute atomic E-state index is 12.1.